The van der Waals surface area contributed by atoms with E-state index in [0.29, 0.717) is 18.1 Å². The molecule has 1 atom stereocenters. The topological polar surface area (TPSA) is 26.3 Å². The molecule has 0 bridgehead atoms. The van der Waals surface area contributed by atoms with Crippen molar-refractivity contribution in [1.82, 2.24) is 0 Å². The number of hydrogen-bond acceptors (Lipinski definition) is 2. The molecule has 1 aromatic rings. The molecule has 0 aliphatic rings. The molecule has 1 aromatic carbocycles. The summed E-state index contributed by atoms with van der Waals surface area (Å²) in [5.41, 5.74) is 0.161. The third-order valence-corrected chi connectivity index (χ3v) is 2.79. The molecule has 1 unspecified atom stereocenters. The molecular formula is C14H19FO2. The summed E-state index contributed by atoms with van der Waals surface area (Å²) in [6.45, 7) is 4.10. The van der Waals surface area contributed by atoms with Crippen LogP contribution in [0.2, 0.25) is 0 Å². The van der Waals surface area contributed by atoms with Crippen molar-refractivity contribution >= 4 is 5.78 Å². The number of halogens is 1. The van der Waals surface area contributed by atoms with Crippen molar-refractivity contribution in [2.24, 2.45) is 5.92 Å². The predicted molar refractivity (Wildman–Crippen MR) is 66.0 cm³/mol. The highest BCUT2D eigenvalue weighted by Crippen LogP contribution is 2.20. The molecule has 0 saturated heterocycles. The number of benzene rings is 1. The highest BCUT2D eigenvalue weighted by atomic mass is 19.1. The first-order valence-electron chi connectivity index (χ1n) is 5.95. The fourth-order valence-corrected chi connectivity index (χ4v) is 1.87. The van der Waals surface area contributed by atoms with Gasteiger partial charge in [0.2, 0.25) is 0 Å². The van der Waals surface area contributed by atoms with E-state index in [9.17, 15) is 9.18 Å². The maximum Gasteiger partial charge on any atom is 0.166 e. The second-order valence-electron chi connectivity index (χ2n) is 4.37. The SMILES string of the molecule is CCCC(C)CC(=O)c1ccc(OC)cc1F. The summed E-state index contributed by atoms with van der Waals surface area (Å²) in [4.78, 5) is 11.9. The summed E-state index contributed by atoms with van der Waals surface area (Å²) < 4.78 is 18.5. The second-order valence-corrected chi connectivity index (χ2v) is 4.37. The van der Waals surface area contributed by atoms with Gasteiger partial charge in [-0.15, -0.1) is 0 Å². The van der Waals surface area contributed by atoms with Gasteiger partial charge in [-0.25, -0.2) is 4.39 Å². The first-order valence-corrected chi connectivity index (χ1v) is 5.95. The van der Waals surface area contributed by atoms with Gasteiger partial charge in [0.1, 0.15) is 11.6 Å². The summed E-state index contributed by atoms with van der Waals surface area (Å²) >= 11 is 0. The van der Waals surface area contributed by atoms with Gasteiger partial charge in [0.05, 0.1) is 12.7 Å². The highest BCUT2D eigenvalue weighted by molar-refractivity contribution is 5.96. The molecule has 17 heavy (non-hydrogen) atoms. The number of hydrogen-bond donors (Lipinski definition) is 0. The Labute approximate surface area is 102 Å². The molecule has 0 heterocycles. The van der Waals surface area contributed by atoms with Crippen molar-refractivity contribution in [1.29, 1.82) is 0 Å². The van der Waals surface area contributed by atoms with Gasteiger partial charge in [-0.05, 0) is 18.1 Å². The zero-order valence-electron chi connectivity index (χ0n) is 10.6. The highest BCUT2D eigenvalue weighted by Gasteiger charge is 2.15. The molecular weight excluding hydrogens is 219 g/mol. The van der Waals surface area contributed by atoms with E-state index in [1.165, 1.54) is 19.2 Å². The Hall–Kier alpha value is -1.38. The molecule has 0 radical (unpaired) electrons. The smallest absolute Gasteiger partial charge is 0.166 e. The van der Waals surface area contributed by atoms with Gasteiger partial charge in [-0.2, -0.15) is 0 Å². The zero-order chi connectivity index (χ0) is 12.8. The summed E-state index contributed by atoms with van der Waals surface area (Å²) in [7, 11) is 1.47. The lowest BCUT2D eigenvalue weighted by Crippen LogP contribution is -2.08. The molecule has 0 aliphatic carbocycles. The number of Topliss-reactive ketones (excluding diaryl/α,β-unsaturated/α-hetero) is 1. The van der Waals surface area contributed by atoms with Crippen molar-refractivity contribution in [3.63, 3.8) is 0 Å². The van der Waals surface area contributed by atoms with Crippen molar-refractivity contribution in [3.05, 3.63) is 29.6 Å². The van der Waals surface area contributed by atoms with E-state index in [-0.39, 0.29) is 11.3 Å². The number of methoxy groups -OCH3 is 1. The third kappa shape index (κ3) is 3.84. The first-order chi connectivity index (χ1) is 8.08. The molecule has 2 nitrogen and oxygen atoms in total. The lowest BCUT2D eigenvalue weighted by molar-refractivity contribution is 0.0958. The summed E-state index contributed by atoms with van der Waals surface area (Å²) in [6, 6.07) is 4.35. The quantitative estimate of drug-likeness (QED) is 0.704. The standard InChI is InChI=1S/C14H19FO2/c1-4-5-10(2)8-14(16)12-7-6-11(17-3)9-13(12)15/h6-7,9-10H,4-5,8H2,1-3H3. The number of ketones is 1. The Morgan fingerprint density at radius 2 is 2.18 bits per heavy atom. The molecule has 0 aromatic heterocycles. The summed E-state index contributed by atoms with van der Waals surface area (Å²) in [6.07, 6.45) is 2.43. The van der Waals surface area contributed by atoms with Gasteiger partial charge in [-0.1, -0.05) is 26.7 Å². The fourth-order valence-electron chi connectivity index (χ4n) is 1.87. The maximum atomic E-state index is 13.6. The minimum absolute atomic E-state index is 0.133. The Bertz CT molecular complexity index is 388. The molecule has 0 spiro atoms. The van der Waals surface area contributed by atoms with Crippen molar-refractivity contribution < 1.29 is 13.9 Å². The van der Waals surface area contributed by atoms with Gasteiger partial charge in [-0.3, -0.25) is 4.79 Å². The van der Waals surface area contributed by atoms with Crippen molar-refractivity contribution in [2.45, 2.75) is 33.1 Å². The van der Waals surface area contributed by atoms with Gasteiger partial charge in [0.15, 0.2) is 5.78 Å². The molecule has 0 N–H and O–H groups in total. The Morgan fingerprint density at radius 3 is 2.71 bits per heavy atom. The van der Waals surface area contributed by atoms with Crippen LogP contribution >= 0.6 is 0 Å². The van der Waals surface area contributed by atoms with Crippen LogP contribution in [0.1, 0.15) is 43.5 Å². The molecule has 0 saturated carbocycles. The van der Waals surface area contributed by atoms with E-state index in [1.807, 2.05) is 6.92 Å². The number of carbonyl (C=O) groups excluding carboxylic acids is 1. The van der Waals surface area contributed by atoms with Crippen molar-refractivity contribution in [2.75, 3.05) is 7.11 Å². The van der Waals surface area contributed by atoms with E-state index < -0.39 is 5.82 Å². The van der Waals surface area contributed by atoms with Crippen LogP contribution in [0.4, 0.5) is 4.39 Å². The van der Waals surface area contributed by atoms with Gasteiger partial charge < -0.3 is 4.74 Å². The lowest BCUT2D eigenvalue weighted by atomic mass is 9.96. The average molecular weight is 238 g/mol. The lowest BCUT2D eigenvalue weighted by Gasteiger charge is -2.10. The van der Waals surface area contributed by atoms with E-state index >= 15 is 0 Å². The van der Waals surface area contributed by atoms with Crippen LogP contribution in [0.3, 0.4) is 0 Å². The summed E-state index contributed by atoms with van der Waals surface area (Å²) in [5, 5.41) is 0. The van der Waals surface area contributed by atoms with Gasteiger partial charge >= 0.3 is 0 Å². The largest absolute Gasteiger partial charge is 0.497 e. The Morgan fingerprint density at radius 1 is 1.47 bits per heavy atom. The second kappa shape index (κ2) is 6.38. The van der Waals surface area contributed by atoms with Crippen LogP contribution in [0, 0.1) is 11.7 Å². The molecule has 0 fully saturated rings. The maximum absolute atomic E-state index is 13.6. The number of rotatable bonds is 6. The fraction of sp³-hybridized carbons (Fsp3) is 0.500. The van der Waals surface area contributed by atoms with E-state index in [0.717, 1.165) is 12.8 Å². The minimum Gasteiger partial charge on any atom is -0.497 e. The molecule has 0 amide bonds. The van der Waals surface area contributed by atoms with E-state index in [1.54, 1.807) is 6.07 Å². The monoisotopic (exact) mass is 238 g/mol. The zero-order valence-corrected chi connectivity index (χ0v) is 10.6. The summed E-state index contributed by atoms with van der Waals surface area (Å²) in [5.74, 6) is 0.0961. The molecule has 3 heteroatoms. The van der Waals surface area contributed by atoms with E-state index in [2.05, 4.69) is 6.92 Å². The van der Waals surface area contributed by atoms with Crippen LogP contribution in [0.15, 0.2) is 18.2 Å². The minimum atomic E-state index is -0.502. The number of carbonyl (C=O) groups is 1. The predicted octanol–water partition coefficient (Wildman–Crippen LogP) is 3.84. The first kappa shape index (κ1) is 13.7. The normalized spacial score (nSPS) is 12.2. The van der Waals surface area contributed by atoms with Crippen LogP contribution in [0.25, 0.3) is 0 Å². The van der Waals surface area contributed by atoms with Crippen molar-refractivity contribution in [3.8, 4) is 5.75 Å². The van der Waals surface area contributed by atoms with Crippen LogP contribution in [-0.2, 0) is 0 Å². The van der Waals surface area contributed by atoms with E-state index in [4.69, 9.17) is 4.74 Å². The van der Waals surface area contributed by atoms with Gasteiger partial charge in [0, 0.05) is 12.5 Å². The van der Waals surface area contributed by atoms with Crippen LogP contribution in [0.5, 0.6) is 5.75 Å². The third-order valence-electron chi connectivity index (χ3n) is 2.79. The molecule has 0 aliphatic heterocycles. The van der Waals surface area contributed by atoms with Crippen LogP contribution < -0.4 is 4.74 Å². The Balaban J connectivity index is 2.75. The molecule has 1 rings (SSSR count). The van der Waals surface area contributed by atoms with Gasteiger partial charge in [0.25, 0.3) is 0 Å². The number of ether oxygens (including phenoxy) is 1. The van der Waals surface area contributed by atoms with Crippen LogP contribution in [-0.4, -0.2) is 12.9 Å². The molecule has 94 valence electrons. The Kier molecular flexibility index (Phi) is 5.13. The average Bonchev–Trinajstić information content (AvgIpc) is 2.28.